The van der Waals surface area contributed by atoms with E-state index in [-0.39, 0.29) is 18.4 Å². The molecule has 0 unspecified atom stereocenters. The molecule has 2 fully saturated rings. The molecule has 2 aliphatic heterocycles. The van der Waals surface area contributed by atoms with Crippen molar-refractivity contribution in [3.05, 3.63) is 28.2 Å². The van der Waals surface area contributed by atoms with Gasteiger partial charge in [-0.2, -0.15) is 0 Å². The summed E-state index contributed by atoms with van der Waals surface area (Å²) in [5.74, 6) is -0.944. The topological polar surface area (TPSA) is 59.1 Å². The third kappa shape index (κ3) is 4.08. The predicted octanol–water partition coefficient (Wildman–Crippen LogP) is 2.71. The van der Waals surface area contributed by atoms with Crippen molar-refractivity contribution in [2.75, 3.05) is 37.7 Å². The molecule has 2 amide bonds. The monoisotopic (exact) mass is 386 g/mol. The lowest BCUT2D eigenvalue weighted by atomic mass is 10.0. The van der Waals surface area contributed by atoms with Crippen LogP contribution in [0, 0.1) is 0 Å². The van der Waals surface area contributed by atoms with Gasteiger partial charge in [0, 0.05) is 37.9 Å². The third-order valence-electron chi connectivity index (χ3n) is 4.56. The second-order valence-electron chi connectivity index (χ2n) is 6.19. The van der Waals surface area contributed by atoms with Gasteiger partial charge in [0.05, 0.1) is 23.9 Å². The van der Waals surface area contributed by atoms with E-state index in [0.29, 0.717) is 54.9 Å². The summed E-state index contributed by atoms with van der Waals surface area (Å²) < 4.78 is 11.3. The van der Waals surface area contributed by atoms with Crippen molar-refractivity contribution in [2.24, 2.45) is 0 Å². The number of piperidine rings is 1. The minimum absolute atomic E-state index is 0.0793. The summed E-state index contributed by atoms with van der Waals surface area (Å²) in [6, 6.07) is 4.84. The molecule has 0 aliphatic carbocycles. The lowest BCUT2D eigenvalue weighted by Gasteiger charge is -2.38. The number of hydrogen-bond acceptors (Lipinski definition) is 4. The van der Waals surface area contributed by atoms with Crippen molar-refractivity contribution in [1.29, 1.82) is 0 Å². The fourth-order valence-electron chi connectivity index (χ4n) is 3.18. The molecule has 0 saturated carbocycles. The zero-order valence-corrected chi connectivity index (χ0v) is 15.5. The van der Waals surface area contributed by atoms with Crippen LogP contribution >= 0.6 is 23.2 Å². The zero-order valence-electron chi connectivity index (χ0n) is 14.0. The third-order valence-corrected chi connectivity index (χ3v) is 5.12. The molecule has 25 heavy (non-hydrogen) atoms. The van der Waals surface area contributed by atoms with Crippen LogP contribution in [0.15, 0.2) is 18.2 Å². The Hall–Kier alpha value is -1.34. The quantitative estimate of drug-likeness (QED) is 0.801. The SMILES string of the molecule is CC(=O)N(CC(=O)N1CCC2(CC1)OCCO2)c1cc(Cl)ccc1Cl. The molecule has 136 valence electrons. The summed E-state index contributed by atoms with van der Waals surface area (Å²) in [4.78, 5) is 27.8. The van der Waals surface area contributed by atoms with Gasteiger partial charge in [0.1, 0.15) is 6.54 Å². The van der Waals surface area contributed by atoms with Crippen LogP contribution in [0.1, 0.15) is 19.8 Å². The zero-order chi connectivity index (χ0) is 18.0. The number of ether oxygens (including phenoxy) is 2. The predicted molar refractivity (Wildman–Crippen MR) is 94.9 cm³/mol. The number of carbonyl (C=O) groups is 2. The molecule has 1 aromatic carbocycles. The Morgan fingerprint density at radius 1 is 1.20 bits per heavy atom. The van der Waals surface area contributed by atoms with Crippen LogP contribution in [0.3, 0.4) is 0 Å². The average molecular weight is 387 g/mol. The van der Waals surface area contributed by atoms with Gasteiger partial charge in [0.2, 0.25) is 11.8 Å². The van der Waals surface area contributed by atoms with E-state index in [4.69, 9.17) is 32.7 Å². The van der Waals surface area contributed by atoms with Crippen molar-refractivity contribution in [3.63, 3.8) is 0 Å². The van der Waals surface area contributed by atoms with Gasteiger partial charge in [-0.15, -0.1) is 0 Å². The fraction of sp³-hybridized carbons (Fsp3) is 0.529. The Morgan fingerprint density at radius 2 is 1.84 bits per heavy atom. The van der Waals surface area contributed by atoms with Gasteiger partial charge in [0.25, 0.3) is 0 Å². The van der Waals surface area contributed by atoms with Gasteiger partial charge in [-0.25, -0.2) is 0 Å². The van der Waals surface area contributed by atoms with Crippen molar-refractivity contribution in [3.8, 4) is 0 Å². The number of hydrogen-bond donors (Lipinski definition) is 0. The summed E-state index contributed by atoms with van der Waals surface area (Å²) in [6.45, 7) is 3.58. The van der Waals surface area contributed by atoms with E-state index in [1.807, 2.05) is 0 Å². The van der Waals surface area contributed by atoms with Crippen molar-refractivity contribution >= 4 is 40.7 Å². The normalized spacial score (nSPS) is 19.2. The largest absolute Gasteiger partial charge is 0.347 e. The molecular formula is C17H20Cl2N2O4. The second-order valence-corrected chi connectivity index (χ2v) is 7.03. The number of carbonyl (C=O) groups excluding carboxylic acids is 2. The molecule has 0 N–H and O–H groups in total. The molecule has 1 spiro atoms. The highest BCUT2D eigenvalue weighted by Crippen LogP contribution is 2.32. The number of anilines is 1. The summed E-state index contributed by atoms with van der Waals surface area (Å²) in [7, 11) is 0. The maximum Gasteiger partial charge on any atom is 0.242 e. The molecule has 8 heteroatoms. The van der Waals surface area contributed by atoms with Crippen molar-refractivity contribution in [1.82, 2.24) is 4.90 Å². The van der Waals surface area contributed by atoms with Crippen LogP contribution in [0.25, 0.3) is 0 Å². The molecule has 1 aromatic rings. The Morgan fingerprint density at radius 3 is 2.44 bits per heavy atom. The Labute approximate surface area is 156 Å². The Bertz CT molecular complexity index is 667. The molecule has 3 rings (SSSR count). The summed E-state index contributed by atoms with van der Waals surface area (Å²) >= 11 is 12.2. The number of rotatable bonds is 3. The van der Waals surface area contributed by atoms with Crippen LogP contribution in [0.2, 0.25) is 10.0 Å². The van der Waals surface area contributed by atoms with Gasteiger partial charge < -0.3 is 19.3 Å². The molecule has 0 radical (unpaired) electrons. The van der Waals surface area contributed by atoms with E-state index < -0.39 is 5.79 Å². The van der Waals surface area contributed by atoms with E-state index in [0.717, 1.165) is 0 Å². The van der Waals surface area contributed by atoms with Crippen molar-refractivity contribution < 1.29 is 19.1 Å². The molecule has 0 aromatic heterocycles. The lowest BCUT2D eigenvalue weighted by Crippen LogP contribution is -2.50. The van der Waals surface area contributed by atoms with Crippen LogP contribution in [0.4, 0.5) is 5.69 Å². The number of amides is 2. The van der Waals surface area contributed by atoms with Gasteiger partial charge in [-0.05, 0) is 18.2 Å². The molecule has 2 aliphatic rings. The van der Waals surface area contributed by atoms with Gasteiger partial charge in [0.15, 0.2) is 5.79 Å². The average Bonchev–Trinajstić information content (AvgIpc) is 3.03. The van der Waals surface area contributed by atoms with Gasteiger partial charge in [-0.1, -0.05) is 23.2 Å². The highest BCUT2D eigenvalue weighted by Gasteiger charge is 2.41. The summed E-state index contributed by atoms with van der Waals surface area (Å²) in [5.41, 5.74) is 0.436. The van der Waals surface area contributed by atoms with Crippen LogP contribution in [0.5, 0.6) is 0 Å². The number of benzene rings is 1. The molecule has 2 heterocycles. The minimum Gasteiger partial charge on any atom is -0.347 e. The number of nitrogens with zero attached hydrogens (tertiary/aromatic N) is 2. The van der Waals surface area contributed by atoms with Crippen molar-refractivity contribution in [2.45, 2.75) is 25.6 Å². The Balaban J connectivity index is 1.67. The number of likely N-dealkylation sites (tertiary alicyclic amines) is 1. The summed E-state index contributed by atoms with van der Waals surface area (Å²) in [6.07, 6.45) is 1.27. The minimum atomic E-state index is -0.534. The first kappa shape index (κ1) is 18.5. The molecule has 0 atom stereocenters. The first-order valence-electron chi connectivity index (χ1n) is 8.19. The molecule has 0 bridgehead atoms. The van der Waals surface area contributed by atoms with Crippen LogP contribution < -0.4 is 4.90 Å². The van der Waals surface area contributed by atoms with E-state index in [9.17, 15) is 9.59 Å². The van der Waals surface area contributed by atoms with Crippen LogP contribution in [-0.2, 0) is 19.1 Å². The van der Waals surface area contributed by atoms with E-state index >= 15 is 0 Å². The van der Waals surface area contributed by atoms with E-state index in [1.54, 1.807) is 23.1 Å². The Kier molecular flexibility index (Phi) is 5.53. The first-order valence-corrected chi connectivity index (χ1v) is 8.95. The first-order chi connectivity index (χ1) is 11.9. The highest BCUT2D eigenvalue weighted by atomic mass is 35.5. The molecule has 6 nitrogen and oxygen atoms in total. The standard InChI is InChI=1S/C17H20Cl2N2O4/c1-12(22)21(15-10-13(18)2-3-14(15)19)11-16(23)20-6-4-17(5-7-20)24-8-9-25-17/h2-3,10H,4-9,11H2,1H3. The fourth-order valence-corrected chi connectivity index (χ4v) is 3.56. The lowest BCUT2D eigenvalue weighted by molar-refractivity contribution is -0.187. The maximum absolute atomic E-state index is 12.7. The smallest absolute Gasteiger partial charge is 0.242 e. The van der Waals surface area contributed by atoms with Gasteiger partial charge in [-0.3, -0.25) is 9.59 Å². The molecule has 2 saturated heterocycles. The second kappa shape index (κ2) is 7.50. The highest BCUT2D eigenvalue weighted by molar-refractivity contribution is 6.35. The van der Waals surface area contributed by atoms with Gasteiger partial charge >= 0.3 is 0 Å². The van der Waals surface area contributed by atoms with E-state index in [1.165, 1.54) is 11.8 Å². The van der Waals surface area contributed by atoms with Crippen LogP contribution in [-0.4, -0.2) is 55.3 Å². The van der Waals surface area contributed by atoms with E-state index in [2.05, 4.69) is 0 Å². The maximum atomic E-state index is 12.7. The number of halogens is 2. The molecular weight excluding hydrogens is 367 g/mol. The summed E-state index contributed by atoms with van der Waals surface area (Å²) in [5, 5.41) is 0.825.